The molecule has 1 aromatic carbocycles. The summed E-state index contributed by atoms with van der Waals surface area (Å²) in [5.74, 6) is 0.0327. The van der Waals surface area contributed by atoms with Crippen LogP contribution in [0.1, 0.15) is 29.7 Å². The Morgan fingerprint density at radius 3 is 2.57 bits per heavy atom. The molecule has 5 nitrogen and oxygen atoms in total. The first-order valence-corrected chi connectivity index (χ1v) is 6.85. The maximum Gasteiger partial charge on any atom is 0.244 e. The molecular formula is C16H16N2O3. The number of amides is 2. The van der Waals surface area contributed by atoms with Crippen molar-refractivity contribution in [3.8, 4) is 0 Å². The minimum Gasteiger partial charge on any atom is -0.469 e. The third-order valence-corrected chi connectivity index (χ3v) is 3.74. The molecule has 5 heteroatoms. The van der Waals surface area contributed by atoms with Crippen molar-refractivity contribution in [1.82, 2.24) is 5.32 Å². The lowest BCUT2D eigenvalue weighted by molar-refractivity contribution is -0.128. The Kier molecular flexibility index (Phi) is 3.48. The molecule has 1 aliphatic carbocycles. The number of primary amides is 1. The van der Waals surface area contributed by atoms with E-state index >= 15 is 0 Å². The zero-order valence-electron chi connectivity index (χ0n) is 11.4. The molecule has 0 aliphatic heterocycles. The molecule has 21 heavy (non-hydrogen) atoms. The molecule has 1 aliphatic rings. The van der Waals surface area contributed by atoms with Crippen molar-refractivity contribution in [2.24, 2.45) is 11.7 Å². The Morgan fingerprint density at radius 2 is 1.95 bits per heavy atom. The van der Waals surface area contributed by atoms with Crippen molar-refractivity contribution < 1.29 is 14.0 Å². The van der Waals surface area contributed by atoms with Gasteiger partial charge in [0.05, 0.1) is 6.26 Å². The van der Waals surface area contributed by atoms with E-state index in [4.69, 9.17) is 10.2 Å². The molecule has 0 saturated heterocycles. The molecule has 0 spiro atoms. The van der Waals surface area contributed by atoms with Gasteiger partial charge in [-0.25, -0.2) is 0 Å². The third kappa shape index (κ3) is 2.81. The van der Waals surface area contributed by atoms with E-state index in [1.807, 2.05) is 12.1 Å². The zero-order valence-corrected chi connectivity index (χ0v) is 11.4. The largest absolute Gasteiger partial charge is 0.469 e. The van der Waals surface area contributed by atoms with Crippen LogP contribution in [0, 0.1) is 5.92 Å². The van der Waals surface area contributed by atoms with Gasteiger partial charge in [0, 0.05) is 11.8 Å². The first kappa shape index (κ1) is 13.4. The van der Waals surface area contributed by atoms with Gasteiger partial charge in [0.15, 0.2) is 0 Å². The molecule has 1 heterocycles. The Balaban J connectivity index is 1.67. The Bertz CT molecular complexity index is 637. The topological polar surface area (TPSA) is 85.3 Å². The summed E-state index contributed by atoms with van der Waals surface area (Å²) in [5, 5.41) is 2.73. The van der Waals surface area contributed by atoms with Gasteiger partial charge in [-0.05, 0) is 24.1 Å². The predicted octanol–water partition coefficient (Wildman–Crippen LogP) is 1.73. The van der Waals surface area contributed by atoms with Crippen LogP contribution < -0.4 is 11.1 Å². The first-order valence-electron chi connectivity index (χ1n) is 6.85. The van der Waals surface area contributed by atoms with Gasteiger partial charge in [-0.2, -0.15) is 0 Å². The molecule has 0 bridgehead atoms. The summed E-state index contributed by atoms with van der Waals surface area (Å²) < 4.78 is 5.30. The quantitative estimate of drug-likeness (QED) is 0.876. The van der Waals surface area contributed by atoms with Gasteiger partial charge in [-0.1, -0.05) is 30.3 Å². The Labute approximate surface area is 122 Å². The number of hydrogen-bond acceptors (Lipinski definition) is 3. The molecule has 2 aromatic rings. The van der Waals surface area contributed by atoms with Crippen molar-refractivity contribution in [3.63, 3.8) is 0 Å². The highest BCUT2D eigenvalue weighted by Crippen LogP contribution is 2.47. The molecular weight excluding hydrogens is 268 g/mol. The number of carbonyl (C=O) groups excluding carboxylic acids is 2. The molecule has 0 radical (unpaired) electrons. The van der Waals surface area contributed by atoms with E-state index in [2.05, 4.69) is 5.32 Å². The van der Waals surface area contributed by atoms with Crippen LogP contribution in [0.25, 0.3) is 0 Å². The third-order valence-electron chi connectivity index (χ3n) is 3.74. The van der Waals surface area contributed by atoms with Crippen molar-refractivity contribution >= 4 is 11.8 Å². The summed E-state index contributed by atoms with van der Waals surface area (Å²) in [6.45, 7) is 0. The fraction of sp³-hybridized carbons (Fsp3) is 0.250. The van der Waals surface area contributed by atoms with Crippen LogP contribution in [0.15, 0.2) is 53.1 Å². The minimum absolute atomic E-state index is 0.101. The fourth-order valence-electron chi connectivity index (χ4n) is 2.51. The van der Waals surface area contributed by atoms with E-state index in [-0.39, 0.29) is 17.7 Å². The molecule has 1 saturated carbocycles. The lowest BCUT2D eigenvalue weighted by Gasteiger charge is -2.15. The minimum atomic E-state index is -0.795. The number of benzene rings is 1. The van der Waals surface area contributed by atoms with Crippen LogP contribution in [0.5, 0.6) is 0 Å². The van der Waals surface area contributed by atoms with Crippen molar-refractivity contribution in [2.75, 3.05) is 0 Å². The lowest BCUT2D eigenvalue weighted by atomic mass is 10.1. The summed E-state index contributed by atoms with van der Waals surface area (Å²) in [4.78, 5) is 23.8. The summed E-state index contributed by atoms with van der Waals surface area (Å²) in [6, 6.07) is 11.9. The number of nitrogens with two attached hydrogens (primary N) is 1. The number of carbonyl (C=O) groups is 2. The monoisotopic (exact) mass is 284 g/mol. The van der Waals surface area contributed by atoms with E-state index in [1.165, 1.54) is 0 Å². The van der Waals surface area contributed by atoms with E-state index in [0.717, 1.165) is 12.2 Å². The van der Waals surface area contributed by atoms with Gasteiger partial charge in [0.2, 0.25) is 11.8 Å². The molecule has 1 fully saturated rings. The zero-order chi connectivity index (χ0) is 14.8. The number of hydrogen-bond donors (Lipinski definition) is 2. The molecule has 0 unspecified atom stereocenters. The first-order chi connectivity index (χ1) is 10.2. The smallest absolute Gasteiger partial charge is 0.244 e. The molecule has 3 N–H and O–H groups in total. The van der Waals surface area contributed by atoms with Crippen LogP contribution in [0.3, 0.4) is 0 Å². The number of nitrogens with one attached hydrogen (secondary N) is 1. The number of rotatable bonds is 5. The normalized spacial score (nSPS) is 21.5. The summed E-state index contributed by atoms with van der Waals surface area (Å²) in [6.07, 6.45) is 2.33. The van der Waals surface area contributed by atoms with Gasteiger partial charge in [-0.15, -0.1) is 0 Å². The molecule has 108 valence electrons. The summed E-state index contributed by atoms with van der Waals surface area (Å²) >= 11 is 0. The van der Waals surface area contributed by atoms with Crippen LogP contribution in [-0.2, 0) is 9.59 Å². The van der Waals surface area contributed by atoms with Gasteiger partial charge < -0.3 is 15.5 Å². The molecule has 2 amide bonds. The number of furan rings is 1. The van der Waals surface area contributed by atoms with Crippen molar-refractivity contribution in [2.45, 2.75) is 18.4 Å². The second-order valence-corrected chi connectivity index (χ2v) is 5.22. The highest BCUT2D eigenvalue weighted by molar-refractivity contribution is 5.90. The fourth-order valence-corrected chi connectivity index (χ4v) is 2.51. The lowest BCUT2D eigenvalue weighted by Crippen LogP contribution is -2.38. The van der Waals surface area contributed by atoms with Crippen LogP contribution >= 0.6 is 0 Å². The van der Waals surface area contributed by atoms with E-state index < -0.39 is 11.9 Å². The van der Waals surface area contributed by atoms with E-state index in [9.17, 15) is 9.59 Å². The Morgan fingerprint density at radius 1 is 1.19 bits per heavy atom. The van der Waals surface area contributed by atoms with Crippen molar-refractivity contribution in [3.05, 3.63) is 60.1 Å². The van der Waals surface area contributed by atoms with Crippen LogP contribution in [0.4, 0.5) is 0 Å². The average molecular weight is 284 g/mol. The molecule has 3 atom stereocenters. The van der Waals surface area contributed by atoms with Gasteiger partial charge >= 0.3 is 0 Å². The maximum atomic E-state index is 12.2. The van der Waals surface area contributed by atoms with E-state index in [0.29, 0.717) is 5.56 Å². The van der Waals surface area contributed by atoms with Crippen molar-refractivity contribution in [1.29, 1.82) is 0 Å². The standard InChI is InChI=1S/C16H16N2O3/c17-15(19)14(10-5-2-1-3-6-10)18-16(20)12-9-11(12)13-7-4-8-21-13/h1-8,11-12,14H,9H2,(H2,17,19)(H,18,20)/t11-,12-,14-/m1/s1. The van der Waals surface area contributed by atoms with Gasteiger partial charge in [0.25, 0.3) is 0 Å². The Hall–Kier alpha value is -2.56. The molecule has 1 aromatic heterocycles. The van der Waals surface area contributed by atoms with Gasteiger partial charge in [-0.3, -0.25) is 9.59 Å². The van der Waals surface area contributed by atoms with Crippen LogP contribution in [-0.4, -0.2) is 11.8 Å². The SMILES string of the molecule is NC(=O)[C@H](NC(=O)[C@@H]1C[C@H]1c1ccco1)c1ccccc1. The van der Waals surface area contributed by atoms with E-state index in [1.54, 1.807) is 36.6 Å². The predicted molar refractivity (Wildman–Crippen MR) is 76.1 cm³/mol. The average Bonchev–Trinajstić information content (AvgIpc) is 3.11. The highest BCUT2D eigenvalue weighted by atomic mass is 16.3. The second kappa shape index (κ2) is 5.44. The highest BCUT2D eigenvalue weighted by Gasteiger charge is 2.46. The van der Waals surface area contributed by atoms with Gasteiger partial charge in [0.1, 0.15) is 11.8 Å². The molecule has 3 rings (SSSR count). The summed E-state index contributed by atoms with van der Waals surface area (Å²) in [7, 11) is 0. The van der Waals surface area contributed by atoms with Crippen LogP contribution in [0.2, 0.25) is 0 Å². The second-order valence-electron chi connectivity index (χ2n) is 5.22. The maximum absolute atomic E-state index is 12.2. The summed E-state index contributed by atoms with van der Waals surface area (Å²) in [5.41, 5.74) is 6.08.